The predicted octanol–water partition coefficient (Wildman–Crippen LogP) is -0.899. The van der Waals surface area contributed by atoms with Gasteiger partial charge in [-0.05, 0) is 29.3 Å². The molecule has 1 fully saturated rings. The Labute approximate surface area is 223 Å². The Hall–Kier alpha value is -4.05. The number of anilines is 1. The molecule has 38 heavy (non-hydrogen) atoms. The molecule has 1 saturated heterocycles. The summed E-state index contributed by atoms with van der Waals surface area (Å²) in [5, 5.41) is 16.2. The summed E-state index contributed by atoms with van der Waals surface area (Å²) in [6.07, 6.45) is 6.55. The number of oxime groups is 1. The number of aromatic amines is 1. The molecule has 6 rings (SSSR count). The van der Waals surface area contributed by atoms with E-state index in [1.165, 1.54) is 41.2 Å². The second-order valence-corrected chi connectivity index (χ2v) is 11.0. The molecule has 0 radical (unpaired) electrons. The molecule has 2 aliphatic heterocycles. The van der Waals surface area contributed by atoms with E-state index in [1.54, 1.807) is 0 Å². The van der Waals surface area contributed by atoms with Crippen molar-refractivity contribution >= 4 is 51.6 Å². The summed E-state index contributed by atoms with van der Waals surface area (Å²) in [6.45, 7) is 0.496. The molecule has 2 amide bonds. The lowest BCUT2D eigenvalue weighted by atomic mass is 10.0. The van der Waals surface area contributed by atoms with Crippen LogP contribution in [-0.4, -0.2) is 71.9 Å². The van der Waals surface area contributed by atoms with Crippen LogP contribution < -0.4 is 21.3 Å². The van der Waals surface area contributed by atoms with Gasteiger partial charge >= 0.3 is 5.69 Å². The number of rotatable bonds is 7. The Morgan fingerprint density at radius 3 is 3.00 bits per heavy atom. The highest BCUT2D eigenvalue weighted by atomic mass is 32.2. The van der Waals surface area contributed by atoms with Crippen molar-refractivity contribution in [2.75, 3.05) is 18.6 Å². The smallest absolute Gasteiger partial charge is 0.367 e. The van der Waals surface area contributed by atoms with Crippen molar-refractivity contribution in [1.82, 2.24) is 35.4 Å². The normalized spacial score (nSPS) is 20.7. The highest BCUT2D eigenvalue weighted by Gasteiger charge is 2.54. The number of thiazole rings is 1. The van der Waals surface area contributed by atoms with E-state index in [0.717, 1.165) is 40.9 Å². The molecule has 0 bridgehead atoms. The summed E-state index contributed by atoms with van der Waals surface area (Å²) in [5.41, 5.74) is 8.54. The lowest BCUT2D eigenvalue weighted by molar-refractivity contribution is -0.696. The summed E-state index contributed by atoms with van der Waals surface area (Å²) >= 11 is 2.58. The number of nitrogens with two attached hydrogens (primary N) is 1. The van der Waals surface area contributed by atoms with E-state index in [0.29, 0.717) is 23.0 Å². The second-order valence-electron chi connectivity index (χ2n) is 8.85. The molecule has 4 N–H and O–H groups in total. The number of fused-ring (bicyclic) bond motifs is 2. The van der Waals surface area contributed by atoms with Crippen LogP contribution in [0.5, 0.6) is 0 Å². The van der Waals surface area contributed by atoms with E-state index in [9.17, 15) is 14.4 Å². The molecule has 3 aromatic heterocycles. The van der Waals surface area contributed by atoms with E-state index in [-0.39, 0.29) is 16.8 Å². The van der Waals surface area contributed by atoms with Gasteiger partial charge in [0.2, 0.25) is 0 Å². The molecule has 16 heteroatoms. The van der Waals surface area contributed by atoms with Crippen LogP contribution >= 0.6 is 23.1 Å². The van der Waals surface area contributed by atoms with Gasteiger partial charge in [-0.2, -0.15) is 4.57 Å². The first-order valence-corrected chi connectivity index (χ1v) is 13.6. The number of tetrazole rings is 1. The third-order valence-electron chi connectivity index (χ3n) is 6.63. The number of carbonyl (C=O) groups excluding carboxylic acids is 2. The Kier molecular flexibility index (Phi) is 6.19. The SMILES string of the molecule is CO/N=C(\C(=O)N[C@@H]1C(=O)N2C(n3nn[nH]c3=O)=C(C[n+]3cccc4c3CCC4)CS[C@H]12)c1cnc(N)s1. The predicted molar refractivity (Wildman–Crippen MR) is 138 cm³/mol. The van der Waals surface area contributed by atoms with Gasteiger partial charge < -0.3 is 15.9 Å². The minimum atomic E-state index is -0.840. The standard InChI is InChI=1S/C22H22N10O4S2/c1-36-27-15(14-8-24-21(23)38-14)17(33)25-16-19(34)31-18(32-22(35)26-28-29-32)12(10-37-20(16)31)9-30-7-3-5-11-4-2-6-13(11)30/h3,5,7-8,16,20H,2,4,6,9-10H2,1H3,(H3-,23,24,25,26,27,29,33,35)/p+1/t16-,20-/m1/s1. The monoisotopic (exact) mass is 555 g/mol. The molecule has 0 saturated carbocycles. The summed E-state index contributed by atoms with van der Waals surface area (Å²) < 4.78 is 3.28. The number of pyridine rings is 1. The molecular formula is C22H23N10O4S2+. The minimum absolute atomic E-state index is 0.0349. The van der Waals surface area contributed by atoms with Gasteiger partial charge in [-0.1, -0.05) is 16.5 Å². The third-order valence-corrected chi connectivity index (χ3v) is 8.80. The van der Waals surface area contributed by atoms with Gasteiger partial charge in [0.15, 0.2) is 35.1 Å². The molecule has 14 nitrogen and oxygen atoms in total. The van der Waals surface area contributed by atoms with Crippen LogP contribution in [0.3, 0.4) is 0 Å². The summed E-state index contributed by atoms with van der Waals surface area (Å²) in [6, 6.07) is 3.31. The number of carbonyl (C=O) groups is 2. The number of nitrogens with one attached hydrogen (secondary N) is 2. The van der Waals surface area contributed by atoms with E-state index in [2.05, 4.69) is 41.6 Å². The average molecular weight is 556 g/mol. The van der Waals surface area contributed by atoms with Crippen molar-refractivity contribution < 1.29 is 19.0 Å². The number of aryl methyl sites for hydroxylation is 1. The van der Waals surface area contributed by atoms with Gasteiger partial charge in [-0.3, -0.25) is 14.5 Å². The van der Waals surface area contributed by atoms with Crippen molar-refractivity contribution in [3.63, 3.8) is 0 Å². The zero-order valence-corrected chi connectivity index (χ0v) is 21.8. The van der Waals surface area contributed by atoms with Gasteiger partial charge in [-0.25, -0.2) is 14.9 Å². The number of nitrogens with zero attached hydrogens (tertiary/aromatic N) is 7. The van der Waals surface area contributed by atoms with Crippen LogP contribution in [0.15, 0.2) is 40.0 Å². The maximum Gasteiger partial charge on any atom is 0.367 e. The molecule has 2 atom stereocenters. The Balaban J connectivity index is 1.30. The summed E-state index contributed by atoms with van der Waals surface area (Å²) in [5.74, 6) is -0.0790. The first kappa shape index (κ1) is 24.3. The van der Waals surface area contributed by atoms with Crippen LogP contribution in [0.4, 0.5) is 5.13 Å². The second kappa shape index (κ2) is 9.68. The van der Waals surface area contributed by atoms with Gasteiger partial charge in [0, 0.05) is 35.6 Å². The minimum Gasteiger partial charge on any atom is -0.398 e. The summed E-state index contributed by atoms with van der Waals surface area (Å²) in [7, 11) is 1.32. The first-order chi connectivity index (χ1) is 18.5. The fraction of sp³-hybridized carbons (Fsp3) is 0.364. The largest absolute Gasteiger partial charge is 0.398 e. The molecule has 3 aromatic rings. The molecule has 3 aliphatic rings. The number of thioether (sulfide) groups is 1. The van der Waals surface area contributed by atoms with E-state index >= 15 is 0 Å². The highest BCUT2D eigenvalue weighted by molar-refractivity contribution is 8.00. The maximum absolute atomic E-state index is 13.4. The third kappa shape index (κ3) is 4.05. The molecule has 5 heterocycles. The number of β-lactam (4-membered cyclic amide) rings is 1. The molecule has 0 spiro atoms. The topological polar surface area (TPSA) is 177 Å². The quantitative estimate of drug-likeness (QED) is 0.144. The van der Waals surface area contributed by atoms with Crippen molar-refractivity contribution in [2.24, 2.45) is 5.16 Å². The number of nitrogen functional groups attached to an aromatic ring is 1. The molecular weight excluding hydrogens is 532 g/mol. The van der Waals surface area contributed by atoms with Gasteiger partial charge in [0.25, 0.3) is 11.8 Å². The van der Waals surface area contributed by atoms with Crippen molar-refractivity contribution in [1.29, 1.82) is 0 Å². The van der Waals surface area contributed by atoms with Crippen LogP contribution in [0.25, 0.3) is 5.82 Å². The van der Waals surface area contributed by atoms with Crippen molar-refractivity contribution in [3.05, 3.63) is 56.7 Å². The van der Waals surface area contributed by atoms with Crippen molar-refractivity contribution in [3.8, 4) is 0 Å². The van der Waals surface area contributed by atoms with Crippen LogP contribution in [0.2, 0.25) is 0 Å². The number of hydrogen-bond acceptors (Lipinski definition) is 11. The average Bonchev–Trinajstić information content (AvgIpc) is 3.67. The lowest BCUT2D eigenvalue weighted by Crippen LogP contribution is -2.71. The van der Waals surface area contributed by atoms with E-state index < -0.39 is 23.0 Å². The van der Waals surface area contributed by atoms with Crippen LogP contribution in [0.1, 0.15) is 22.6 Å². The van der Waals surface area contributed by atoms with Crippen LogP contribution in [-0.2, 0) is 33.8 Å². The molecule has 196 valence electrons. The molecule has 0 unspecified atom stereocenters. The summed E-state index contributed by atoms with van der Waals surface area (Å²) in [4.78, 5) is 49.8. The van der Waals surface area contributed by atoms with Crippen LogP contribution in [0, 0.1) is 0 Å². The number of H-pyrrole nitrogens is 1. The van der Waals surface area contributed by atoms with E-state index in [4.69, 9.17) is 10.6 Å². The van der Waals surface area contributed by atoms with Gasteiger partial charge in [0.05, 0.1) is 4.88 Å². The number of hydrogen-bond donors (Lipinski definition) is 3. The van der Waals surface area contributed by atoms with Gasteiger partial charge in [0.1, 0.15) is 18.5 Å². The number of aromatic nitrogens is 6. The first-order valence-electron chi connectivity index (χ1n) is 11.8. The molecule has 1 aliphatic carbocycles. The zero-order chi connectivity index (χ0) is 26.4. The molecule has 0 aromatic carbocycles. The highest BCUT2D eigenvalue weighted by Crippen LogP contribution is 2.41. The number of amides is 2. The zero-order valence-electron chi connectivity index (χ0n) is 20.2. The van der Waals surface area contributed by atoms with E-state index in [1.807, 2.05) is 12.3 Å². The lowest BCUT2D eigenvalue weighted by Gasteiger charge is -2.49. The Bertz CT molecular complexity index is 1560. The Morgan fingerprint density at radius 1 is 1.39 bits per heavy atom. The van der Waals surface area contributed by atoms with Gasteiger partial charge in [-0.15, -0.1) is 16.4 Å². The fourth-order valence-corrected chi connectivity index (χ4v) is 6.96. The van der Waals surface area contributed by atoms with Crippen molar-refractivity contribution in [2.45, 2.75) is 37.2 Å². The Morgan fingerprint density at radius 2 is 2.26 bits per heavy atom. The maximum atomic E-state index is 13.4. The fourth-order valence-electron chi connectivity index (χ4n) is 4.98.